The lowest BCUT2D eigenvalue weighted by atomic mass is 9.85. The van der Waals surface area contributed by atoms with Gasteiger partial charge in [0.1, 0.15) is 0 Å². The van der Waals surface area contributed by atoms with E-state index in [1.54, 1.807) is 7.11 Å². The summed E-state index contributed by atoms with van der Waals surface area (Å²) in [4.78, 5) is 11.3. The fourth-order valence-electron chi connectivity index (χ4n) is 1.31. The predicted molar refractivity (Wildman–Crippen MR) is 53.0 cm³/mol. The summed E-state index contributed by atoms with van der Waals surface area (Å²) in [5.74, 6) is 0.459. The SMILES string of the molecule is COCCOCCNC(=O)C1CCC1. The Hall–Kier alpha value is -0.610. The first-order valence-corrected chi connectivity index (χ1v) is 5.19. The van der Waals surface area contributed by atoms with E-state index in [1.807, 2.05) is 0 Å². The summed E-state index contributed by atoms with van der Waals surface area (Å²) in [6.07, 6.45) is 3.30. The lowest BCUT2D eigenvalue weighted by Gasteiger charge is -2.23. The Morgan fingerprint density at radius 2 is 2.14 bits per heavy atom. The van der Waals surface area contributed by atoms with E-state index in [2.05, 4.69) is 5.32 Å². The maximum absolute atomic E-state index is 11.3. The Labute approximate surface area is 85.0 Å². The molecule has 4 nitrogen and oxygen atoms in total. The Morgan fingerprint density at radius 1 is 1.36 bits per heavy atom. The molecule has 1 saturated carbocycles. The number of carbonyl (C=O) groups excluding carboxylic acids is 1. The maximum Gasteiger partial charge on any atom is 0.223 e. The largest absolute Gasteiger partial charge is 0.382 e. The van der Waals surface area contributed by atoms with Crippen molar-refractivity contribution in [3.63, 3.8) is 0 Å². The lowest BCUT2D eigenvalue weighted by Crippen LogP contribution is -2.36. The molecule has 1 fully saturated rings. The molecule has 0 aromatic rings. The van der Waals surface area contributed by atoms with Crippen LogP contribution < -0.4 is 5.32 Å². The Kier molecular flexibility index (Phi) is 5.56. The average molecular weight is 201 g/mol. The number of hydrogen-bond acceptors (Lipinski definition) is 3. The molecule has 0 unspecified atom stereocenters. The van der Waals surface area contributed by atoms with Crippen LogP contribution in [0.3, 0.4) is 0 Å². The molecular formula is C10H19NO3. The molecule has 0 atom stereocenters. The van der Waals surface area contributed by atoms with E-state index >= 15 is 0 Å². The molecule has 0 heterocycles. The van der Waals surface area contributed by atoms with Gasteiger partial charge in [0.2, 0.25) is 5.91 Å². The van der Waals surface area contributed by atoms with Crippen molar-refractivity contribution in [2.24, 2.45) is 5.92 Å². The number of amides is 1. The van der Waals surface area contributed by atoms with Gasteiger partial charge < -0.3 is 14.8 Å². The van der Waals surface area contributed by atoms with E-state index < -0.39 is 0 Å². The molecule has 0 aromatic heterocycles. The van der Waals surface area contributed by atoms with Crippen LogP contribution in [0.1, 0.15) is 19.3 Å². The van der Waals surface area contributed by atoms with Crippen LogP contribution in [0.4, 0.5) is 0 Å². The van der Waals surface area contributed by atoms with E-state index in [0.29, 0.717) is 26.4 Å². The minimum Gasteiger partial charge on any atom is -0.382 e. The maximum atomic E-state index is 11.3. The molecular weight excluding hydrogens is 182 g/mol. The number of methoxy groups -OCH3 is 1. The molecule has 1 amide bonds. The van der Waals surface area contributed by atoms with Crippen LogP contribution in [0.15, 0.2) is 0 Å². The number of carbonyl (C=O) groups is 1. The molecule has 0 aliphatic heterocycles. The Bertz CT molecular complexity index is 169. The van der Waals surface area contributed by atoms with Gasteiger partial charge in [-0.2, -0.15) is 0 Å². The molecule has 0 aromatic carbocycles. The second-order valence-electron chi connectivity index (χ2n) is 3.52. The summed E-state index contributed by atoms with van der Waals surface area (Å²) in [5, 5.41) is 2.86. The highest BCUT2D eigenvalue weighted by molar-refractivity contribution is 5.79. The zero-order chi connectivity index (χ0) is 10.2. The second kappa shape index (κ2) is 6.79. The van der Waals surface area contributed by atoms with E-state index in [0.717, 1.165) is 12.8 Å². The van der Waals surface area contributed by atoms with Crippen LogP contribution in [-0.4, -0.2) is 39.4 Å². The molecule has 1 aliphatic carbocycles. The molecule has 0 bridgehead atoms. The van der Waals surface area contributed by atoms with Crippen molar-refractivity contribution in [3.8, 4) is 0 Å². The molecule has 0 saturated heterocycles. The molecule has 14 heavy (non-hydrogen) atoms. The Balaban J connectivity index is 1.85. The standard InChI is InChI=1S/C10H19NO3/c1-13-7-8-14-6-5-11-10(12)9-3-2-4-9/h9H,2-8H2,1H3,(H,11,12). The lowest BCUT2D eigenvalue weighted by molar-refractivity contribution is -0.127. The molecule has 1 N–H and O–H groups in total. The van der Waals surface area contributed by atoms with Crippen LogP contribution in [-0.2, 0) is 14.3 Å². The zero-order valence-corrected chi connectivity index (χ0v) is 8.75. The van der Waals surface area contributed by atoms with Gasteiger partial charge in [-0.1, -0.05) is 6.42 Å². The van der Waals surface area contributed by atoms with Crippen molar-refractivity contribution in [1.82, 2.24) is 5.32 Å². The van der Waals surface area contributed by atoms with E-state index in [-0.39, 0.29) is 11.8 Å². The summed E-state index contributed by atoms with van der Waals surface area (Å²) in [5.41, 5.74) is 0. The molecule has 1 aliphatic rings. The van der Waals surface area contributed by atoms with E-state index in [1.165, 1.54) is 6.42 Å². The van der Waals surface area contributed by atoms with Crippen LogP contribution in [0, 0.1) is 5.92 Å². The first kappa shape index (κ1) is 11.5. The van der Waals surface area contributed by atoms with Gasteiger partial charge in [-0.05, 0) is 12.8 Å². The van der Waals surface area contributed by atoms with Gasteiger partial charge >= 0.3 is 0 Å². The Morgan fingerprint density at radius 3 is 2.71 bits per heavy atom. The van der Waals surface area contributed by atoms with Gasteiger partial charge in [0.15, 0.2) is 0 Å². The molecule has 0 spiro atoms. The predicted octanol–water partition coefficient (Wildman–Crippen LogP) is 0.566. The van der Waals surface area contributed by atoms with E-state index in [4.69, 9.17) is 9.47 Å². The van der Waals surface area contributed by atoms with Crippen molar-refractivity contribution < 1.29 is 14.3 Å². The van der Waals surface area contributed by atoms with Gasteiger partial charge in [0.25, 0.3) is 0 Å². The van der Waals surface area contributed by atoms with Crippen molar-refractivity contribution in [2.45, 2.75) is 19.3 Å². The minimum absolute atomic E-state index is 0.187. The summed E-state index contributed by atoms with van der Waals surface area (Å²) in [7, 11) is 1.64. The number of hydrogen-bond donors (Lipinski definition) is 1. The summed E-state index contributed by atoms with van der Waals surface area (Å²) in [6, 6.07) is 0. The third kappa shape index (κ3) is 4.07. The van der Waals surface area contributed by atoms with Crippen LogP contribution in [0.2, 0.25) is 0 Å². The molecule has 1 rings (SSSR count). The second-order valence-corrected chi connectivity index (χ2v) is 3.52. The van der Waals surface area contributed by atoms with Crippen molar-refractivity contribution in [1.29, 1.82) is 0 Å². The van der Waals surface area contributed by atoms with Gasteiger partial charge in [-0.15, -0.1) is 0 Å². The third-order valence-electron chi connectivity index (χ3n) is 2.45. The van der Waals surface area contributed by atoms with Crippen molar-refractivity contribution in [3.05, 3.63) is 0 Å². The fraction of sp³-hybridized carbons (Fsp3) is 0.900. The zero-order valence-electron chi connectivity index (χ0n) is 8.75. The van der Waals surface area contributed by atoms with E-state index in [9.17, 15) is 4.79 Å². The normalized spacial score (nSPS) is 16.4. The van der Waals surface area contributed by atoms with Crippen molar-refractivity contribution in [2.75, 3.05) is 33.5 Å². The van der Waals surface area contributed by atoms with Crippen molar-refractivity contribution >= 4 is 5.91 Å². The number of nitrogens with one attached hydrogen (secondary N) is 1. The van der Waals surface area contributed by atoms with Gasteiger partial charge in [0, 0.05) is 19.6 Å². The quantitative estimate of drug-likeness (QED) is 0.612. The average Bonchev–Trinajstić information content (AvgIpc) is 2.08. The summed E-state index contributed by atoms with van der Waals surface area (Å²) in [6.45, 7) is 2.38. The number of rotatable bonds is 7. The van der Waals surface area contributed by atoms with Gasteiger partial charge in [0.05, 0.1) is 19.8 Å². The fourth-order valence-corrected chi connectivity index (χ4v) is 1.31. The monoisotopic (exact) mass is 201 g/mol. The molecule has 82 valence electrons. The highest BCUT2D eigenvalue weighted by Gasteiger charge is 2.24. The third-order valence-corrected chi connectivity index (χ3v) is 2.45. The van der Waals surface area contributed by atoms with Crippen LogP contribution in [0.5, 0.6) is 0 Å². The van der Waals surface area contributed by atoms with Crippen LogP contribution in [0.25, 0.3) is 0 Å². The first-order chi connectivity index (χ1) is 6.84. The molecule has 0 radical (unpaired) electrons. The first-order valence-electron chi connectivity index (χ1n) is 5.19. The highest BCUT2D eigenvalue weighted by Crippen LogP contribution is 2.25. The topological polar surface area (TPSA) is 47.6 Å². The van der Waals surface area contributed by atoms with Gasteiger partial charge in [-0.3, -0.25) is 4.79 Å². The number of ether oxygens (including phenoxy) is 2. The highest BCUT2D eigenvalue weighted by atomic mass is 16.5. The summed E-state index contributed by atoms with van der Waals surface area (Å²) >= 11 is 0. The minimum atomic E-state index is 0.187. The molecule has 4 heteroatoms. The van der Waals surface area contributed by atoms with Gasteiger partial charge in [-0.25, -0.2) is 0 Å². The smallest absolute Gasteiger partial charge is 0.223 e. The summed E-state index contributed by atoms with van der Waals surface area (Å²) < 4.78 is 10.0. The van der Waals surface area contributed by atoms with Crippen LogP contribution >= 0.6 is 0 Å².